The van der Waals surface area contributed by atoms with Crippen LogP contribution < -0.4 is 0 Å². The zero-order valence-electron chi connectivity index (χ0n) is 7.96. The van der Waals surface area contributed by atoms with Crippen molar-refractivity contribution in [1.29, 1.82) is 0 Å². The Balaban J connectivity index is 2.53. The number of aliphatic hydroxyl groups excluding tert-OH is 1. The molecule has 0 spiro atoms. The van der Waals surface area contributed by atoms with Gasteiger partial charge in [-0.2, -0.15) is 0 Å². The van der Waals surface area contributed by atoms with Crippen molar-refractivity contribution in [2.75, 3.05) is 0 Å². The van der Waals surface area contributed by atoms with Gasteiger partial charge < -0.3 is 9.52 Å². The highest BCUT2D eigenvalue weighted by molar-refractivity contribution is 9.10. The van der Waals surface area contributed by atoms with Crippen molar-refractivity contribution >= 4 is 15.9 Å². The fourth-order valence-corrected chi connectivity index (χ4v) is 1.49. The molecule has 0 aliphatic heterocycles. The molecule has 1 rings (SSSR count). The largest absolute Gasteiger partial charge is 0.452 e. The van der Waals surface area contributed by atoms with E-state index in [2.05, 4.69) is 29.8 Å². The fourth-order valence-electron chi connectivity index (χ4n) is 1.17. The molecule has 2 nitrogen and oxygen atoms in total. The van der Waals surface area contributed by atoms with Crippen LogP contribution in [0.15, 0.2) is 21.2 Å². The number of rotatable bonds is 4. The van der Waals surface area contributed by atoms with E-state index in [4.69, 9.17) is 4.42 Å². The third kappa shape index (κ3) is 3.16. The molecule has 0 aliphatic carbocycles. The predicted molar refractivity (Wildman–Crippen MR) is 55.4 cm³/mol. The van der Waals surface area contributed by atoms with Crippen LogP contribution in [0.5, 0.6) is 0 Å². The van der Waals surface area contributed by atoms with Crippen LogP contribution >= 0.6 is 15.9 Å². The molecule has 1 aromatic heterocycles. The van der Waals surface area contributed by atoms with Crippen molar-refractivity contribution in [1.82, 2.24) is 0 Å². The summed E-state index contributed by atoms with van der Waals surface area (Å²) in [6, 6.07) is 3.60. The maximum absolute atomic E-state index is 9.72. The summed E-state index contributed by atoms with van der Waals surface area (Å²) in [5.41, 5.74) is 0. The topological polar surface area (TPSA) is 33.4 Å². The molecule has 13 heavy (non-hydrogen) atoms. The molecule has 2 atom stereocenters. The van der Waals surface area contributed by atoms with Gasteiger partial charge in [0.25, 0.3) is 0 Å². The number of hydrogen-bond donors (Lipinski definition) is 1. The third-order valence-electron chi connectivity index (χ3n) is 2.24. The zero-order chi connectivity index (χ0) is 9.84. The highest BCUT2D eigenvalue weighted by Crippen LogP contribution is 2.26. The molecule has 1 N–H and O–H groups in total. The zero-order valence-corrected chi connectivity index (χ0v) is 9.54. The van der Waals surface area contributed by atoms with E-state index in [9.17, 15) is 5.11 Å². The van der Waals surface area contributed by atoms with Crippen molar-refractivity contribution in [2.24, 2.45) is 5.92 Å². The van der Waals surface area contributed by atoms with Crippen LogP contribution in [0, 0.1) is 5.92 Å². The molecule has 0 bridgehead atoms. The lowest BCUT2D eigenvalue weighted by atomic mass is 10.00. The van der Waals surface area contributed by atoms with E-state index in [0.717, 1.165) is 12.8 Å². The molecule has 2 unspecified atom stereocenters. The van der Waals surface area contributed by atoms with E-state index in [1.54, 1.807) is 12.1 Å². The van der Waals surface area contributed by atoms with Gasteiger partial charge >= 0.3 is 0 Å². The summed E-state index contributed by atoms with van der Waals surface area (Å²) < 4.78 is 5.93. The monoisotopic (exact) mass is 246 g/mol. The first kappa shape index (κ1) is 10.8. The second-order valence-electron chi connectivity index (χ2n) is 3.41. The highest BCUT2D eigenvalue weighted by Gasteiger charge is 2.14. The minimum atomic E-state index is -0.471. The molecular weight excluding hydrogens is 232 g/mol. The minimum absolute atomic E-state index is 0.471. The van der Waals surface area contributed by atoms with Gasteiger partial charge in [-0.15, -0.1) is 0 Å². The average molecular weight is 247 g/mol. The third-order valence-corrected chi connectivity index (χ3v) is 2.67. The number of hydrogen-bond acceptors (Lipinski definition) is 2. The van der Waals surface area contributed by atoms with Gasteiger partial charge in [-0.3, -0.25) is 0 Å². The molecular formula is C10H15BrO2. The average Bonchev–Trinajstić information content (AvgIpc) is 2.51. The van der Waals surface area contributed by atoms with Crippen LogP contribution in [0.1, 0.15) is 38.6 Å². The number of furan rings is 1. The van der Waals surface area contributed by atoms with E-state index in [1.807, 2.05) is 0 Å². The molecule has 0 aliphatic rings. The molecule has 1 heterocycles. The van der Waals surface area contributed by atoms with Crippen molar-refractivity contribution in [3.8, 4) is 0 Å². The summed E-state index contributed by atoms with van der Waals surface area (Å²) in [4.78, 5) is 0. The van der Waals surface area contributed by atoms with E-state index in [0.29, 0.717) is 16.3 Å². The van der Waals surface area contributed by atoms with E-state index in [1.165, 1.54) is 0 Å². The molecule has 1 aromatic rings. The molecule has 0 aromatic carbocycles. The molecule has 0 radical (unpaired) electrons. The van der Waals surface area contributed by atoms with Crippen LogP contribution in [0.2, 0.25) is 0 Å². The maximum Gasteiger partial charge on any atom is 0.169 e. The lowest BCUT2D eigenvalue weighted by Gasteiger charge is -2.12. The number of halogens is 1. The summed E-state index contributed by atoms with van der Waals surface area (Å²) in [5, 5.41) is 9.72. The summed E-state index contributed by atoms with van der Waals surface area (Å²) in [5.74, 6) is 1.17. The van der Waals surface area contributed by atoms with Crippen LogP contribution in [0.25, 0.3) is 0 Å². The molecule has 3 heteroatoms. The Morgan fingerprint density at radius 2 is 2.23 bits per heavy atom. The van der Waals surface area contributed by atoms with E-state index in [-0.39, 0.29) is 0 Å². The Morgan fingerprint density at radius 1 is 1.54 bits per heavy atom. The first-order valence-corrected chi connectivity index (χ1v) is 5.36. The van der Waals surface area contributed by atoms with Gasteiger partial charge in [-0.05, 0) is 40.4 Å². The van der Waals surface area contributed by atoms with Crippen molar-refractivity contribution in [3.63, 3.8) is 0 Å². The van der Waals surface area contributed by atoms with E-state index < -0.39 is 6.10 Å². The Kier molecular flexibility index (Phi) is 4.00. The lowest BCUT2D eigenvalue weighted by molar-refractivity contribution is 0.121. The van der Waals surface area contributed by atoms with Crippen molar-refractivity contribution in [2.45, 2.75) is 32.8 Å². The molecule has 0 saturated carbocycles. The van der Waals surface area contributed by atoms with Gasteiger partial charge in [0.2, 0.25) is 0 Å². The molecule has 0 fully saturated rings. The Hall–Kier alpha value is -0.280. The van der Waals surface area contributed by atoms with Gasteiger partial charge in [0.1, 0.15) is 11.9 Å². The van der Waals surface area contributed by atoms with Crippen LogP contribution in [0.4, 0.5) is 0 Å². The SMILES string of the molecule is CCC(C)CC(O)c1ccc(Br)o1. The van der Waals surface area contributed by atoms with Crippen molar-refractivity contribution in [3.05, 3.63) is 22.6 Å². The van der Waals surface area contributed by atoms with Crippen LogP contribution in [-0.2, 0) is 0 Å². The molecule has 74 valence electrons. The summed E-state index contributed by atoms with van der Waals surface area (Å²) >= 11 is 3.21. The summed E-state index contributed by atoms with van der Waals surface area (Å²) in [7, 11) is 0. The first-order chi connectivity index (χ1) is 6.13. The van der Waals surface area contributed by atoms with Gasteiger partial charge in [0, 0.05) is 0 Å². The molecule has 0 saturated heterocycles. The van der Waals surface area contributed by atoms with Crippen LogP contribution in [0.3, 0.4) is 0 Å². The highest BCUT2D eigenvalue weighted by atomic mass is 79.9. The van der Waals surface area contributed by atoms with Gasteiger partial charge in [0.15, 0.2) is 4.67 Å². The second kappa shape index (κ2) is 4.82. The fraction of sp³-hybridized carbons (Fsp3) is 0.600. The smallest absolute Gasteiger partial charge is 0.169 e. The minimum Gasteiger partial charge on any atom is -0.452 e. The lowest BCUT2D eigenvalue weighted by Crippen LogP contribution is -2.02. The predicted octanol–water partition coefficient (Wildman–Crippen LogP) is 3.51. The summed E-state index contributed by atoms with van der Waals surface area (Å²) in [6.45, 7) is 4.25. The Labute approximate surface area is 87.1 Å². The Morgan fingerprint density at radius 3 is 2.69 bits per heavy atom. The second-order valence-corrected chi connectivity index (χ2v) is 4.19. The van der Waals surface area contributed by atoms with Crippen molar-refractivity contribution < 1.29 is 9.52 Å². The summed E-state index contributed by atoms with van der Waals surface area (Å²) in [6.07, 6.45) is 1.37. The van der Waals surface area contributed by atoms with Gasteiger partial charge in [-0.1, -0.05) is 20.3 Å². The van der Waals surface area contributed by atoms with Gasteiger partial charge in [0.05, 0.1) is 0 Å². The van der Waals surface area contributed by atoms with Crippen LogP contribution in [-0.4, -0.2) is 5.11 Å². The van der Waals surface area contributed by atoms with Gasteiger partial charge in [-0.25, -0.2) is 0 Å². The van der Waals surface area contributed by atoms with E-state index >= 15 is 0 Å². The first-order valence-electron chi connectivity index (χ1n) is 4.56. The molecule has 0 amide bonds. The normalized spacial score (nSPS) is 15.7. The Bertz CT molecular complexity index is 257. The quantitative estimate of drug-likeness (QED) is 0.883. The number of aliphatic hydroxyl groups is 1. The maximum atomic E-state index is 9.72. The standard InChI is InChI=1S/C10H15BrO2/c1-3-7(2)6-8(12)9-4-5-10(11)13-9/h4-5,7-8,12H,3,6H2,1-2H3.